The second-order valence-corrected chi connectivity index (χ2v) is 12.7. The zero-order valence-electron chi connectivity index (χ0n) is 23.6. The fraction of sp³-hybridized carbons (Fsp3) is 0.484. The Morgan fingerprint density at radius 2 is 2.02 bits per heavy atom. The first-order valence-electron chi connectivity index (χ1n) is 13.5. The van der Waals surface area contributed by atoms with E-state index in [4.69, 9.17) is 32.7 Å². The first kappa shape index (κ1) is 31.4. The highest BCUT2D eigenvalue weighted by molar-refractivity contribution is 6.31. The lowest BCUT2D eigenvalue weighted by atomic mass is 9.62. The number of benzene rings is 2. The lowest BCUT2D eigenvalue weighted by Gasteiger charge is -2.37. The molecule has 2 aromatic carbocycles. The Hall–Kier alpha value is -2.54. The van der Waals surface area contributed by atoms with Crippen LogP contribution < -0.4 is 10.6 Å². The molecule has 2 N–H and O–H groups in total. The predicted octanol–water partition coefficient (Wildman–Crippen LogP) is 6.42. The van der Waals surface area contributed by atoms with Gasteiger partial charge in [-0.15, -0.1) is 6.58 Å². The Morgan fingerprint density at radius 1 is 1.29 bits per heavy atom. The van der Waals surface area contributed by atoms with Crippen molar-refractivity contribution in [3.63, 3.8) is 0 Å². The van der Waals surface area contributed by atoms with Crippen LogP contribution in [0.3, 0.4) is 0 Å². The highest BCUT2D eigenvalue weighted by Gasteiger charge is 2.61. The minimum absolute atomic E-state index is 0.0140. The monoisotopic (exact) mass is 605 g/mol. The van der Waals surface area contributed by atoms with E-state index in [1.54, 1.807) is 12.1 Å². The second kappa shape index (κ2) is 12.0. The van der Waals surface area contributed by atoms with Crippen molar-refractivity contribution in [2.75, 3.05) is 13.2 Å². The van der Waals surface area contributed by atoms with Crippen molar-refractivity contribution < 1.29 is 23.0 Å². The Kier molecular flexibility index (Phi) is 9.18. The van der Waals surface area contributed by atoms with E-state index < -0.39 is 52.2 Å². The number of ether oxygens (including phenoxy) is 2. The van der Waals surface area contributed by atoms with E-state index in [0.717, 1.165) is 6.07 Å². The molecule has 41 heavy (non-hydrogen) atoms. The van der Waals surface area contributed by atoms with Crippen molar-refractivity contribution in [2.45, 2.75) is 75.8 Å². The van der Waals surface area contributed by atoms with Crippen LogP contribution in [-0.4, -0.2) is 43.0 Å². The number of hydrogen-bond donors (Lipinski definition) is 2. The molecule has 0 saturated carbocycles. The first-order chi connectivity index (χ1) is 19.2. The third kappa shape index (κ3) is 6.30. The molecule has 2 saturated heterocycles. The van der Waals surface area contributed by atoms with Crippen LogP contribution in [0.25, 0.3) is 0 Å². The maximum Gasteiger partial charge on any atom is 0.237 e. The molecule has 2 heterocycles. The molecule has 0 radical (unpaired) electrons. The number of hydrogen-bond acceptors (Lipinski definition) is 5. The fourth-order valence-corrected chi connectivity index (χ4v) is 6.27. The number of nitrogens with one attached hydrogen (secondary N) is 2. The molecule has 220 valence electrons. The average molecular weight is 607 g/mol. The fourth-order valence-electron chi connectivity index (χ4n) is 5.93. The maximum absolute atomic E-state index is 15.7. The Bertz CT molecular complexity index is 1360. The Balaban J connectivity index is 1.80. The molecule has 6 nitrogen and oxygen atoms in total. The van der Waals surface area contributed by atoms with Crippen LogP contribution in [0.4, 0.5) is 8.78 Å². The second-order valence-electron chi connectivity index (χ2n) is 11.8. The van der Waals surface area contributed by atoms with Gasteiger partial charge in [0.15, 0.2) is 5.79 Å². The summed E-state index contributed by atoms with van der Waals surface area (Å²) in [7, 11) is 0. The third-order valence-corrected chi connectivity index (χ3v) is 8.56. The summed E-state index contributed by atoms with van der Waals surface area (Å²) in [5.41, 5.74) is -2.18. The molecule has 1 amide bonds. The number of nitrogens with zero attached hydrogens (tertiary/aromatic N) is 1. The summed E-state index contributed by atoms with van der Waals surface area (Å²) in [6, 6.07) is 8.93. The maximum atomic E-state index is 15.7. The molecule has 0 aliphatic carbocycles. The summed E-state index contributed by atoms with van der Waals surface area (Å²) in [4.78, 5) is 13.8. The van der Waals surface area contributed by atoms with Crippen molar-refractivity contribution in [3.05, 3.63) is 81.9 Å². The highest BCUT2D eigenvalue weighted by Crippen LogP contribution is 2.52. The largest absolute Gasteiger partial charge is 0.355 e. The summed E-state index contributed by atoms with van der Waals surface area (Å²) in [5, 5.41) is 17.1. The normalized spacial score (nSPS) is 27.4. The van der Waals surface area contributed by atoms with E-state index in [2.05, 4.69) is 23.3 Å². The molecule has 0 aromatic heterocycles. The van der Waals surface area contributed by atoms with E-state index in [1.165, 1.54) is 24.3 Å². The van der Waals surface area contributed by atoms with Crippen LogP contribution in [0.15, 0.2) is 49.1 Å². The van der Waals surface area contributed by atoms with Gasteiger partial charge in [-0.25, -0.2) is 8.78 Å². The van der Waals surface area contributed by atoms with E-state index >= 15 is 8.78 Å². The quantitative estimate of drug-likeness (QED) is 0.322. The third-order valence-electron chi connectivity index (χ3n) is 8.03. The van der Waals surface area contributed by atoms with Gasteiger partial charge in [0.05, 0.1) is 29.8 Å². The minimum Gasteiger partial charge on any atom is -0.355 e. The number of amides is 1. The molecule has 10 heteroatoms. The number of nitriles is 1. The summed E-state index contributed by atoms with van der Waals surface area (Å²) in [5.74, 6) is -3.79. The summed E-state index contributed by atoms with van der Waals surface area (Å²) >= 11 is 12.3. The van der Waals surface area contributed by atoms with Crippen molar-refractivity contribution in [1.82, 2.24) is 10.6 Å². The highest BCUT2D eigenvalue weighted by atomic mass is 35.5. The van der Waals surface area contributed by atoms with Gasteiger partial charge < -0.3 is 20.1 Å². The zero-order chi connectivity index (χ0) is 30.2. The van der Waals surface area contributed by atoms with Crippen molar-refractivity contribution in [3.8, 4) is 6.07 Å². The molecule has 2 aromatic rings. The molecular weight excluding hydrogens is 571 g/mol. The van der Waals surface area contributed by atoms with E-state index in [1.807, 2.05) is 27.7 Å². The van der Waals surface area contributed by atoms with Crippen molar-refractivity contribution in [2.24, 2.45) is 5.41 Å². The van der Waals surface area contributed by atoms with Crippen LogP contribution in [0.1, 0.15) is 57.6 Å². The van der Waals surface area contributed by atoms with Crippen LogP contribution in [-0.2, 0) is 19.7 Å². The van der Waals surface area contributed by atoms with Gasteiger partial charge in [0.2, 0.25) is 5.91 Å². The van der Waals surface area contributed by atoms with Gasteiger partial charge in [-0.2, -0.15) is 5.26 Å². The van der Waals surface area contributed by atoms with Crippen molar-refractivity contribution >= 4 is 29.1 Å². The van der Waals surface area contributed by atoms with E-state index in [0.29, 0.717) is 19.4 Å². The molecule has 0 spiro atoms. The molecule has 4 rings (SSSR count). The molecule has 2 fully saturated rings. The summed E-state index contributed by atoms with van der Waals surface area (Å²) in [6.45, 7) is 12.1. The smallest absolute Gasteiger partial charge is 0.237 e. The number of carbonyl (C=O) groups is 1. The molecule has 4 unspecified atom stereocenters. The van der Waals surface area contributed by atoms with Crippen molar-refractivity contribution in [1.29, 1.82) is 5.26 Å². The number of carbonyl (C=O) groups excluding carboxylic acids is 1. The number of allylic oxidation sites excluding steroid dienone is 1. The minimum atomic E-state index is -1.71. The topological polar surface area (TPSA) is 83.4 Å². The Labute approximate surface area is 250 Å². The van der Waals surface area contributed by atoms with Crippen LogP contribution >= 0.6 is 23.2 Å². The van der Waals surface area contributed by atoms with Crippen LogP contribution in [0.5, 0.6) is 0 Å². The number of halogens is 4. The lowest BCUT2D eigenvalue weighted by molar-refractivity contribution is -0.138. The van der Waals surface area contributed by atoms with E-state index in [9.17, 15) is 10.1 Å². The van der Waals surface area contributed by atoms with Gasteiger partial charge in [0.1, 0.15) is 17.0 Å². The van der Waals surface area contributed by atoms with Crippen LogP contribution in [0, 0.1) is 28.4 Å². The number of rotatable bonds is 9. The summed E-state index contributed by atoms with van der Waals surface area (Å²) < 4.78 is 42.9. The average Bonchev–Trinajstić information content (AvgIpc) is 3.42. The zero-order valence-corrected chi connectivity index (χ0v) is 25.1. The lowest BCUT2D eigenvalue weighted by Crippen LogP contribution is -2.46. The standard InChI is InChI=1S/C31H35Cl2F2N3O3/c1-6-29(2,3)15-24-31(17-36,21-11-10-18(32)14-23(21)34)25(20-8-7-9-22(33)26(20)35)27(38-24)28(39)37-13-12-19-16-40-30(4,5)41-19/h6-11,14,19,24-25,27,38H,1,12-13,15-16H2,2-5H3,(H,37,39)/t19-,24?,25?,27?,31?/m0/s1. The SMILES string of the molecule is C=CC(C)(C)CC1NC(C(=O)NCC[C@H]2COC(C)(C)O2)C(c2cccc(Cl)c2F)C1(C#N)c1ccc(Cl)cc1F. The molecular formula is C31H35Cl2F2N3O3. The van der Waals surface area contributed by atoms with Gasteiger partial charge >= 0.3 is 0 Å². The summed E-state index contributed by atoms with van der Waals surface area (Å²) in [6.07, 6.45) is 2.32. The van der Waals surface area contributed by atoms with Crippen LogP contribution in [0.2, 0.25) is 10.0 Å². The first-order valence-corrected chi connectivity index (χ1v) is 14.3. The van der Waals surface area contributed by atoms with Gasteiger partial charge in [-0.1, -0.05) is 61.3 Å². The van der Waals surface area contributed by atoms with Gasteiger partial charge in [0.25, 0.3) is 0 Å². The Morgan fingerprint density at radius 3 is 2.63 bits per heavy atom. The molecule has 5 atom stereocenters. The van der Waals surface area contributed by atoms with Gasteiger partial charge in [-0.05, 0) is 55.9 Å². The van der Waals surface area contributed by atoms with Gasteiger partial charge in [0, 0.05) is 29.1 Å². The predicted molar refractivity (Wildman–Crippen MR) is 155 cm³/mol. The van der Waals surface area contributed by atoms with E-state index in [-0.39, 0.29) is 33.8 Å². The molecule has 2 aliphatic heterocycles. The molecule has 2 aliphatic rings. The molecule has 0 bridgehead atoms. The van der Waals surface area contributed by atoms with Gasteiger partial charge in [-0.3, -0.25) is 4.79 Å².